The number of hydrogen-bond donors (Lipinski definition) is 0. The highest BCUT2D eigenvalue weighted by Crippen LogP contribution is 2.29. The Morgan fingerprint density at radius 1 is 0.519 bits per heavy atom. The standard InChI is InChI=1S/C18H44O6Si3/c1-9-15-17-26(19-11-3,20-12-4)23-25(7,8)24-27(21-13-5,22-14-6)18-16-10-2/h9-18H2,1-8H3. The van der Waals surface area contributed by atoms with Crippen molar-refractivity contribution in [3.05, 3.63) is 0 Å². The second-order valence-corrected chi connectivity index (χ2v) is 16.2. The van der Waals surface area contributed by atoms with E-state index in [0.29, 0.717) is 26.4 Å². The lowest BCUT2D eigenvalue weighted by Crippen LogP contribution is -2.60. The largest absolute Gasteiger partial charge is 0.492 e. The van der Waals surface area contributed by atoms with Crippen molar-refractivity contribution in [2.45, 2.75) is 92.4 Å². The molecule has 0 unspecified atom stereocenters. The van der Waals surface area contributed by atoms with E-state index < -0.39 is 26.2 Å². The zero-order chi connectivity index (χ0) is 20.8. The van der Waals surface area contributed by atoms with E-state index in [0.717, 1.165) is 37.8 Å². The molecule has 0 rings (SSSR count). The van der Waals surface area contributed by atoms with Crippen LogP contribution in [-0.2, 0) is 25.9 Å². The number of hydrogen-bond acceptors (Lipinski definition) is 6. The number of rotatable bonds is 18. The first kappa shape index (κ1) is 27.4. The molecule has 0 N–H and O–H groups in total. The monoisotopic (exact) mass is 440 g/mol. The molecule has 164 valence electrons. The van der Waals surface area contributed by atoms with Gasteiger partial charge >= 0.3 is 26.2 Å². The lowest BCUT2D eigenvalue weighted by atomic mass is 10.4. The predicted molar refractivity (Wildman–Crippen MR) is 117 cm³/mol. The summed E-state index contributed by atoms with van der Waals surface area (Å²) < 4.78 is 37.7. The Morgan fingerprint density at radius 3 is 1.04 bits per heavy atom. The summed E-state index contributed by atoms with van der Waals surface area (Å²) >= 11 is 0. The second-order valence-electron chi connectivity index (χ2n) is 6.91. The molecule has 0 atom stereocenters. The summed E-state index contributed by atoms with van der Waals surface area (Å²) in [7, 11) is -8.16. The third kappa shape index (κ3) is 10.7. The molecule has 6 nitrogen and oxygen atoms in total. The van der Waals surface area contributed by atoms with Gasteiger partial charge in [-0.15, -0.1) is 0 Å². The first-order valence-electron chi connectivity index (χ1n) is 10.7. The van der Waals surface area contributed by atoms with Crippen molar-refractivity contribution in [1.82, 2.24) is 0 Å². The Morgan fingerprint density at radius 2 is 0.815 bits per heavy atom. The summed E-state index contributed by atoms with van der Waals surface area (Å²) in [5.41, 5.74) is 0. The van der Waals surface area contributed by atoms with E-state index in [9.17, 15) is 0 Å². The van der Waals surface area contributed by atoms with Crippen LogP contribution in [0.25, 0.3) is 0 Å². The maximum absolute atomic E-state index is 6.62. The molecule has 0 radical (unpaired) electrons. The van der Waals surface area contributed by atoms with Crippen LogP contribution in [0.5, 0.6) is 0 Å². The SMILES string of the molecule is CCCC[Si](OCC)(OCC)O[Si](C)(C)O[Si](CCCC)(OCC)OCC. The quantitative estimate of drug-likeness (QED) is 0.268. The van der Waals surface area contributed by atoms with Gasteiger partial charge < -0.3 is 25.9 Å². The Kier molecular flexibility index (Phi) is 14.6. The van der Waals surface area contributed by atoms with Crippen molar-refractivity contribution < 1.29 is 25.9 Å². The molecule has 9 heteroatoms. The van der Waals surface area contributed by atoms with Gasteiger partial charge in [0.2, 0.25) is 0 Å². The van der Waals surface area contributed by atoms with Gasteiger partial charge in [0.15, 0.2) is 0 Å². The van der Waals surface area contributed by atoms with E-state index in [4.69, 9.17) is 25.9 Å². The summed E-state index contributed by atoms with van der Waals surface area (Å²) in [5.74, 6) is 0. The highest BCUT2D eigenvalue weighted by Gasteiger charge is 2.52. The highest BCUT2D eigenvalue weighted by molar-refractivity contribution is 6.82. The van der Waals surface area contributed by atoms with Gasteiger partial charge in [0.1, 0.15) is 0 Å². The molecule has 27 heavy (non-hydrogen) atoms. The van der Waals surface area contributed by atoms with Crippen molar-refractivity contribution in [2.75, 3.05) is 26.4 Å². The molecule has 0 aromatic carbocycles. The fraction of sp³-hybridized carbons (Fsp3) is 1.00. The minimum absolute atomic E-state index is 0.579. The minimum Gasteiger partial charge on any atom is -0.394 e. The van der Waals surface area contributed by atoms with Crippen molar-refractivity contribution in [3.63, 3.8) is 0 Å². The van der Waals surface area contributed by atoms with Gasteiger partial charge in [0.25, 0.3) is 0 Å². The first-order valence-corrected chi connectivity index (χ1v) is 17.4. The summed E-state index contributed by atoms with van der Waals surface area (Å²) in [6.45, 7) is 18.7. The van der Waals surface area contributed by atoms with Crippen LogP contribution in [0.3, 0.4) is 0 Å². The van der Waals surface area contributed by atoms with Crippen LogP contribution in [0.2, 0.25) is 25.2 Å². The summed E-state index contributed by atoms with van der Waals surface area (Å²) in [6.07, 6.45) is 4.19. The van der Waals surface area contributed by atoms with Crippen LogP contribution in [0.1, 0.15) is 67.2 Å². The van der Waals surface area contributed by atoms with Crippen molar-refractivity contribution in [1.29, 1.82) is 0 Å². The van der Waals surface area contributed by atoms with E-state index in [1.54, 1.807) is 0 Å². The molecular weight excluding hydrogens is 396 g/mol. The lowest BCUT2D eigenvalue weighted by molar-refractivity contribution is 0.0801. The minimum atomic E-state index is -2.78. The molecule has 0 aliphatic carbocycles. The van der Waals surface area contributed by atoms with Gasteiger partial charge in [-0.1, -0.05) is 26.7 Å². The summed E-state index contributed by atoms with van der Waals surface area (Å²) in [5, 5.41) is 0. The average molecular weight is 441 g/mol. The number of unbranched alkanes of at least 4 members (excludes halogenated alkanes) is 2. The van der Waals surface area contributed by atoms with E-state index in [2.05, 4.69) is 26.9 Å². The van der Waals surface area contributed by atoms with Crippen molar-refractivity contribution in [2.24, 2.45) is 0 Å². The Hall–Kier alpha value is 0.411. The molecule has 0 aromatic heterocycles. The fourth-order valence-electron chi connectivity index (χ4n) is 3.03. The van der Waals surface area contributed by atoms with Crippen LogP contribution in [0.15, 0.2) is 0 Å². The molecule has 0 saturated carbocycles. The second kappa shape index (κ2) is 14.4. The van der Waals surface area contributed by atoms with E-state index in [1.165, 1.54) is 0 Å². The lowest BCUT2D eigenvalue weighted by Gasteiger charge is -2.40. The highest BCUT2D eigenvalue weighted by atomic mass is 28.5. The molecule has 0 bridgehead atoms. The van der Waals surface area contributed by atoms with Crippen LogP contribution >= 0.6 is 0 Å². The van der Waals surface area contributed by atoms with Gasteiger partial charge in [0, 0.05) is 38.5 Å². The normalized spacial score (nSPS) is 13.3. The molecule has 0 saturated heterocycles. The van der Waals surface area contributed by atoms with Crippen LogP contribution in [-0.4, -0.2) is 52.6 Å². The third-order valence-electron chi connectivity index (χ3n) is 3.93. The maximum atomic E-state index is 6.62. The van der Waals surface area contributed by atoms with Crippen LogP contribution in [0, 0.1) is 0 Å². The van der Waals surface area contributed by atoms with E-state index in [-0.39, 0.29) is 0 Å². The van der Waals surface area contributed by atoms with Gasteiger partial charge in [-0.25, -0.2) is 0 Å². The smallest absolute Gasteiger partial charge is 0.394 e. The van der Waals surface area contributed by atoms with E-state index in [1.807, 2.05) is 27.7 Å². The molecule has 0 heterocycles. The molecule has 0 amide bonds. The molecule has 0 aliphatic heterocycles. The van der Waals surface area contributed by atoms with Gasteiger partial charge in [0.05, 0.1) is 0 Å². The third-order valence-corrected chi connectivity index (χ3v) is 15.2. The molecule has 0 aliphatic rings. The zero-order valence-corrected chi connectivity index (χ0v) is 22.0. The summed E-state index contributed by atoms with van der Waals surface area (Å²) in [6, 6.07) is 1.63. The predicted octanol–water partition coefficient (Wildman–Crippen LogP) is 5.35. The molecular formula is C18H44O6Si3. The molecule has 0 spiro atoms. The Balaban J connectivity index is 5.51. The van der Waals surface area contributed by atoms with Gasteiger partial charge in [-0.2, -0.15) is 0 Å². The average Bonchev–Trinajstić information content (AvgIpc) is 2.58. The van der Waals surface area contributed by atoms with Crippen LogP contribution in [0.4, 0.5) is 0 Å². The van der Waals surface area contributed by atoms with Crippen molar-refractivity contribution in [3.8, 4) is 0 Å². The van der Waals surface area contributed by atoms with E-state index >= 15 is 0 Å². The Labute approximate surface area is 171 Å². The zero-order valence-electron chi connectivity index (χ0n) is 19.0. The van der Waals surface area contributed by atoms with Crippen LogP contribution < -0.4 is 0 Å². The summed E-state index contributed by atoms with van der Waals surface area (Å²) in [4.78, 5) is 0. The fourth-order valence-corrected chi connectivity index (χ4v) is 15.4. The Bertz CT molecular complexity index is 327. The van der Waals surface area contributed by atoms with Gasteiger partial charge in [-0.05, 0) is 53.6 Å². The first-order chi connectivity index (χ1) is 12.8. The molecule has 0 fully saturated rings. The molecule has 0 aromatic rings. The van der Waals surface area contributed by atoms with Gasteiger partial charge in [-0.3, -0.25) is 0 Å². The maximum Gasteiger partial charge on any atom is 0.492 e. The van der Waals surface area contributed by atoms with Crippen molar-refractivity contribution >= 4 is 26.2 Å². The topological polar surface area (TPSA) is 55.4 Å².